The number of benzene rings is 1. The van der Waals surface area contributed by atoms with Crippen LogP contribution in [0.1, 0.15) is 16.7 Å². The van der Waals surface area contributed by atoms with Crippen molar-refractivity contribution in [3.8, 4) is 5.75 Å². The van der Waals surface area contributed by atoms with Gasteiger partial charge in [0.25, 0.3) is 0 Å². The molecule has 136 valence electrons. The van der Waals surface area contributed by atoms with Crippen LogP contribution in [0.25, 0.3) is 0 Å². The molecule has 0 saturated heterocycles. The van der Waals surface area contributed by atoms with E-state index in [1.54, 1.807) is 0 Å². The molecule has 4 nitrogen and oxygen atoms in total. The van der Waals surface area contributed by atoms with Crippen LogP contribution in [0.15, 0.2) is 12.1 Å². The van der Waals surface area contributed by atoms with Gasteiger partial charge in [0, 0.05) is 0 Å². The fourth-order valence-electron chi connectivity index (χ4n) is 2.15. The predicted molar refractivity (Wildman–Crippen MR) is 79.0 cm³/mol. The van der Waals surface area contributed by atoms with Gasteiger partial charge in [-0.15, -0.1) is 0 Å². The summed E-state index contributed by atoms with van der Waals surface area (Å²) in [5.74, 6) is -4.13. The first-order chi connectivity index (χ1) is 11.9. The van der Waals surface area contributed by atoms with E-state index in [2.05, 4.69) is 9.62 Å². The number of halogens is 6. The van der Waals surface area contributed by atoms with Gasteiger partial charge in [-0.25, -0.2) is 4.79 Å². The van der Waals surface area contributed by atoms with E-state index in [4.69, 9.17) is 28.8 Å². The molecule has 0 heterocycles. The summed E-state index contributed by atoms with van der Waals surface area (Å²) in [6.45, 7) is 0. The number of hydrogen-bond acceptors (Lipinski definition) is 4. The van der Waals surface area contributed by atoms with E-state index < -0.39 is 42.3 Å². The summed E-state index contributed by atoms with van der Waals surface area (Å²) in [7, 11) is 16.1. The maximum atomic E-state index is 13.3. The smallest absolute Gasteiger partial charge is 0.449 e. The highest BCUT2D eigenvalue weighted by atomic mass is 19.4. The molecule has 0 aliphatic carbocycles. The molecule has 0 unspecified atom stereocenters. The topological polar surface area (TPSA) is 55.8 Å². The monoisotopic (exact) mass is 376 g/mol. The Morgan fingerprint density at radius 1 is 0.923 bits per heavy atom. The van der Waals surface area contributed by atoms with Crippen molar-refractivity contribution in [2.45, 2.75) is 36.9 Å². The van der Waals surface area contributed by atoms with Crippen LogP contribution in [-0.4, -0.2) is 52.7 Å². The molecule has 0 aromatic heterocycles. The summed E-state index contributed by atoms with van der Waals surface area (Å²) in [6.07, 6.45) is -13.9. The molecular weight excluding hydrogens is 367 g/mol. The summed E-state index contributed by atoms with van der Waals surface area (Å²) < 4.78 is 83.8. The van der Waals surface area contributed by atoms with Crippen molar-refractivity contribution in [2.24, 2.45) is 0 Å². The molecule has 0 atom stereocenters. The van der Waals surface area contributed by atoms with Crippen molar-refractivity contribution in [1.82, 2.24) is 0 Å². The molecule has 0 fully saturated rings. The molecule has 26 heavy (non-hydrogen) atoms. The lowest BCUT2D eigenvalue weighted by atomic mass is 9.85. The van der Waals surface area contributed by atoms with E-state index in [1.165, 1.54) is 0 Å². The van der Waals surface area contributed by atoms with Crippen molar-refractivity contribution in [3.63, 3.8) is 0 Å². The molecule has 0 amide bonds. The Kier molecular flexibility index (Phi) is 6.72. The van der Waals surface area contributed by atoms with E-state index in [-0.39, 0.29) is 17.4 Å². The number of rotatable bonds is 6. The summed E-state index contributed by atoms with van der Waals surface area (Å²) in [4.78, 5) is 14.1. The average molecular weight is 376 g/mol. The Bertz CT molecular complexity index is 623. The van der Waals surface area contributed by atoms with E-state index in [0.29, 0.717) is 5.56 Å². The second-order valence-corrected chi connectivity index (χ2v) is 5.01. The molecule has 0 bridgehead atoms. The van der Waals surface area contributed by atoms with E-state index in [9.17, 15) is 31.1 Å². The fourth-order valence-corrected chi connectivity index (χ4v) is 2.15. The first-order valence-corrected chi connectivity index (χ1v) is 6.82. The zero-order valence-corrected chi connectivity index (χ0v) is 12.9. The van der Waals surface area contributed by atoms with Gasteiger partial charge in [0.05, 0.1) is 23.5 Å². The third-order valence-corrected chi connectivity index (χ3v) is 3.40. The van der Waals surface area contributed by atoms with Crippen LogP contribution in [0, 0.1) is 0 Å². The highest BCUT2D eigenvalue weighted by Crippen LogP contribution is 2.48. The average Bonchev–Trinajstić information content (AvgIpc) is 2.55. The SMILES string of the molecule is [B]Cc1cc(C[B])c(OC(C(=O)OO)(C(F)(F)F)C(F)(F)F)c(C[B])c1. The lowest BCUT2D eigenvalue weighted by Gasteiger charge is -2.35. The third-order valence-electron chi connectivity index (χ3n) is 3.40. The van der Waals surface area contributed by atoms with Crippen LogP contribution in [-0.2, 0) is 28.6 Å². The van der Waals surface area contributed by atoms with Gasteiger partial charge in [0.2, 0.25) is 0 Å². The Balaban J connectivity index is 3.76. The maximum Gasteiger partial charge on any atom is 0.449 e. The Morgan fingerprint density at radius 2 is 1.35 bits per heavy atom. The van der Waals surface area contributed by atoms with Crippen molar-refractivity contribution in [1.29, 1.82) is 0 Å². The first kappa shape index (κ1) is 22.3. The maximum absolute atomic E-state index is 13.3. The number of carbonyl (C=O) groups is 1. The second kappa shape index (κ2) is 7.85. The third kappa shape index (κ3) is 3.82. The number of ether oxygens (including phenoxy) is 1. The molecule has 6 radical (unpaired) electrons. The summed E-state index contributed by atoms with van der Waals surface area (Å²) in [5.41, 5.74) is -5.80. The van der Waals surface area contributed by atoms with Gasteiger partial charge < -0.3 is 4.74 Å². The molecule has 0 aliphatic rings. The van der Waals surface area contributed by atoms with Crippen LogP contribution in [0.4, 0.5) is 26.3 Å². The minimum absolute atomic E-state index is 0.108. The number of carbonyl (C=O) groups excluding carboxylic acids is 1. The van der Waals surface area contributed by atoms with Gasteiger partial charge >= 0.3 is 23.9 Å². The molecule has 0 aliphatic heterocycles. The minimum atomic E-state index is -6.34. The van der Waals surface area contributed by atoms with Crippen molar-refractivity contribution >= 4 is 29.5 Å². The van der Waals surface area contributed by atoms with Crippen molar-refractivity contribution in [2.75, 3.05) is 0 Å². The Hall–Kier alpha value is -1.78. The van der Waals surface area contributed by atoms with Crippen molar-refractivity contribution in [3.05, 3.63) is 28.8 Å². The Labute approximate surface area is 148 Å². The quantitative estimate of drug-likeness (QED) is 0.357. The molecule has 1 aromatic carbocycles. The van der Waals surface area contributed by atoms with Gasteiger partial charge in [-0.05, 0) is 11.1 Å². The first-order valence-electron chi connectivity index (χ1n) is 6.82. The molecule has 1 aromatic rings. The van der Waals surface area contributed by atoms with E-state index >= 15 is 0 Å². The summed E-state index contributed by atoms with van der Waals surface area (Å²) in [5, 5.41) is 8.21. The van der Waals surface area contributed by atoms with Gasteiger partial charge in [-0.2, -0.15) is 31.6 Å². The van der Waals surface area contributed by atoms with Crippen LogP contribution in [0.5, 0.6) is 5.75 Å². The number of hydrogen-bond donors (Lipinski definition) is 1. The van der Waals surface area contributed by atoms with Gasteiger partial charge in [0.15, 0.2) is 0 Å². The van der Waals surface area contributed by atoms with E-state index in [0.717, 1.165) is 12.1 Å². The fraction of sp³-hybridized carbons (Fsp3) is 0.462. The molecule has 0 spiro atoms. The van der Waals surface area contributed by atoms with E-state index in [1.807, 2.05) is 0 Å². The standard InChI is InChI=1S/C13H9B3F6O4/c14-3-6-1-7(4-15)9(8(2-6)5-16)25-11(10(23)26-24,12(17,18)19)13(20,21)22/h1-2,24H,3-5H2. The Morgan fingerprint density at radius 3 is 1.62 bits per heavy atom. The van der Waals surface area contributed by atoms with Gasteiger partial charge in [0.1, 0.15) is 5.75 Å². The molecule has 0 saturated carbocycles. The van der Waals surface area contributed by atoms with Gasteiger partial charge in [-0.1, -0.05) is 36.7 Å². The lowest BCUT2D eigenvalue weighted by molar-refractivity contribution is -0.362. The number of alkyl halides is 6. The second-order valence-electron chi connectivity index (χ2n) is 5.01. The van der Waals surface area contributed by atoms with Crippen molar-refractivity contribution < 1.29 is 46.0 Å². The zero-order chi connectivity index (χ0) is 20.3. The summed E-state index contributed by atoms with van der Waals surface area (Å²) >= 11 is 0. The zero-order valence-electron chi connectivity index (χ0n) is 12.9. The minimum Gasteiger partial charge on any atom is -0.459 e. The van der Waals surface area contributed by atoms with Crippen LogP contribution < -0.4 is 4.74 Å². The van der Waals surface area contributed by atoms with Crippen LogP contribution in [0.2, 0.25) is 0 Å². The highest BCUT2D eigenvalue weighted by Gasteiger charge is 2.80. The largest absolute Gasteiger partial charge is 0.459 e. The molecule has 1 rings (SSSR count). The molecular formula is C13H9B3F6O4. The van der Waals surface area contributed by atoms with Crippen LogP contribution >= 0.6 is 0 Å². The van der Waals surface area contributed by atoms with Gasteiger partial charge in [-0.3, -0.25) is 4.89 Å². The predicted octanol–water partition coefficient (Wildman–Crippen LogP) is 1.95. The molecule has 13 heteroatoms. The molecule has 1 N–H and O–H groups in total. The lowest BCUT2D eigenvalue weighted by Crippen LogP contribution is -2.66. The van der Waals surface area contributed by atoms with Crippen LogP contribution in [0.3, 0.4) is 0 Å². The normalized spacial score (nSPS) is 12.7. The highest BCUT2D eigenvalue weighted by molar-refractivity contribution is 6.10. The summed E-state index contributed by atoms with van der Waals surface area (Å²) in [6, 6.07) is 2.21.